The van der Waals surface area contributed by atoms with Crippen LogP contribution in [-0.2, 0) is 0 Å². The maximum absolute atomic E-state index is 12.0. The number of aromatic nitrogens is 1. The van der Waals surface area contributed by atoms with Crippen molar-refractivity contribution in [2.24, 2.45) is 5.10 Å². The number of aromatic amines is 1. The average molecular weight is 316 g/mol. The van der Waals surface area contributed by atoms with Crippen LogP contribution in [0, 0.1) is 6.92 Å². The molecule has 0 fully saturated rings. The molecule has 0 bridgehead atoms. The normalized spacial score (nSPS) is 10.8. The lowest BCUT2D eigenvalue weighted by Crippen LogP contribution is -2.32. The minimum atomic E-state index is -0.427. The van der Waals surface area contributed by atoms with Crippen molar-refractivity contribution >= 4 is 34.4 Å². The summed E-state index contributed by atoms with van der Waals surface area (Å²) in [4.78, 5) is 14.7. The molecular formula is C15H16N4O2S. The monoisotopic (exact) mass is 316 g/mol. The summed E-state index contributed by atoms with van der Waals surface area (Å²) in [5, 5.41) is 17.8. The summed E-state index contributed by atoms with van der Waals surface area (Å²) in [5.74, 6) is -0.113. The highest BCUT2D eigenvalue weighted by Crippen LogP contribution is 2.24. The summed E-state index contributed by atoms with van der Waals surface area (Å²) < 4.78 is 0. The Morgan fingerprint density at radius 2 is 2.32 bits per heavy atom. The summed E-state index contributed by atoms with van der Waals surface area (Å²) in [7, 11) is 0. The fourth-order valence-corrected chi connectivity index (χ4v) is 2.02. The minimum Gasteiger partial charge on any atom is -0.506 e. The molecule has 0 aliphatic heterocycles. The van der Waals surface area contributed by atoms with Crippen LogP contribution in [-0.4, -0.2) is 28.0 Å². The molecule has 6 nitrogen and oxygen atoms in total. The molecular weight excluding hydrogens is 300 g/mol. The van der Waals surface area contributed by atoms with Crippen molar-refractivity contribution in [2.75, 3.05) is 6.54 Å². The zero-order chi connectivity index (χ0) is 16.1. The van der Waals surface area contributed by atoms with Gasteiger partial charge in [0.1, 0.15) is 11.3 Å². The molecule has 22 heavy (non-hydrogen) atoms. The maximum Gasteiger partial charge on any atom is 0.261 e. The second-order valence-corrected chi connectivity index (χ2v) is 5.04. The van der Waals surface area contributed by atoms with Crippen molar-refractivity contribution in [3.8, 4) is 5.75 Å². The van der Waals surface area contributed by atoms with Crippen molar-refractivity contribution in [1.82, 2.24) is 15.7 Å². The number of H-pyrrole nitrogens is 1. The van der Waals surface area contributed by atoms with E-state index in [-0.39, 0.29) is 11.3 Å². The first-order valence-electron chi connectivity index (χ1n) is 6.56. The fraction of sp³-hybridized carbons (Fsp3) is 0.133. The lowest BCUT2D eigenvalue weighted by Gasteiger charge is -2.06. The SMILES string of the molecule is C=CCNC(=S)NN=Cc1c(O)c2cc(C)ccc2[nH]c1=O. The van der Waals surface area contributed by atoms with Gasteiger partial charge in [-0.1, -0.05) is 17.7 Å². The van der Waals surface area contributed by atoms with Gasteiger partial charge in [-0.25, -0.2) is 0 Å². The highest BCUT2D eigenvalue weighted by atomic mass is 32.1. The van der Waals surface area contributed by atoms with E-state index in [2.05, 4.69) is 27.4 Å². The van der Waals surface area contributed by atoms with Gasteiger partial charge in [0.25, 0.3) is 5.56 Å². The first-order chi connectivity index (χ1) is 10.5. The first-order valence-corrected chi connectivity index (χ1v) is 6.97. The number of pyridine rings is 1. The second-order valence-electron chi connectivity index (χ2n) is 4.63. The van der Waals surface area contributed by atoms with Gasteiger partial charge in [-0.2, -0.15) is 5.10 Å². The summed E-state index contributed by atoms with van der Waals surface area (Å²) in [6.07, 6.45) is 2.89. The van der Waals surface area contributed by atoms with Crippen LogP contribution in [0.2, 0.25) is 0 Å². The Morgan fingerprint density at radius 3 is 3.05 bits per heavy atom. The number of hydrazone groups is 1. The van der Waals surface area contributed by atoms with Crippen LogP contribution in [0.1, 0.15) is 11.1 Å². The molecule has 2 aromatic rings. The Bertz CT molecular complexity index is 811. The summed E-state index contributed by atoms with van der Waals surface area (Å²) in [6.45, 7) is 5.96. The van der Waals surface area contributed by atoms with Crippen LogP contribution in [0.25, 0.3) is 10.9 Å². The van der Waals surface area contributed by atoms with Crippen molar-refractivity contribution in [3.63, 3.8) is 0 Å². The van der Waals surface area contributed by atoms with Crippen LogP contribution >= 0.6 is 12.2 Å². The van der Waals surface area contributed by atoms with E-state index in [4.69, 9.17) is 12.2 Å². The smallest absolute Gasteiger partial charge is 0.261 e. The molecule has 0 aliphatic rings. The molecule has 0 unspecified atom stereocenters. The zero-order valence-electron chi connectivity index (χ0n) is 12.0. The van der Waals surface area contributed by atoms with E-state index >= 15 is 0 Å². The molecule has 0 aliphatic carbocycles. The van der Waals surface area contributed by atoms with E-state index in [1.165, 1.54) is 6.21 Å². The number of aryl methyl sites for hydroxylation is 1. The van der Waals surface area contributed by atoms with Gasteiger partial charge in [0, 0.05) is 11.9 Å². The molecule has 0 atom stereocenters. The maximum atomic E-state index is 12.0. The van der Waals surface area contributed by atoms with E-state index in [1.807, 2.05) is 13.0 Å². The third-order valence-corrected chi connectivity index (χ3v) is 3.18. The number of nitrogens with zero attached hydrogens (tertiary/aromatic N) is 1. The van der Waals surface area contributed by atoms with Gasteiger partial charge in [0.2, 0.25) is 0 Å². The van der Waals surface area contributed by atoms with Crippen LogP contribution in [0.5, 0.6) is 5.75 Å². The molecule has 1 heterocycles. The van der Waals surface area contributed by atoms with Gasteiger partial charge in [0.05, 0.1) is 11.7 Å². The minimum absolute atomic E-state index is 0.0668. The Balaban J connectivity index is 2.29. The van der Waals surface area contributed by atoms with Gasteiger partial charge < -0.3 is 15.4 Å². The molecule has 0 saturated carbocycles. The molecule has 2 rings (SSSR count). The number of thiocarbonyl (C=S) groups is 1. The van der Waals surface area contributed by atoms with E-state index in [9.17, 15) is 9.90 Å². The zero-order valence-corrected chi connectivity index (χ0v) is 12.8. The van der Waals surface area contributed by atoms with Crippen LogP contribution < -0.4 is 16.3 Å². The predicted molar refractivity (Wildman–Crippen MR) is 92.5 cm³/mol. The Morgan fingerprint density at radius 1 is 1.55 bits per heavy atom. The standard InChI is InChI=1S/C15H16N4O2S/c1-3-6-16-15(22)19-17-8-11-13(20)10-7-9(2)4-5-12(10)18-14(11)21/h3-5,7-8H,1,6H2,2H3,(H2,16,19,22)(H2,18,20,21). The lowest BCUT2D eigenvalue weighted by atomic mass is 10.1. The Kier molecular flexibility index (Phi) is 4.90. The molecule has 0 radical (unpaired) electrons. The van der Waals surface area contributed by atoms with E-state index < -0.39 is 5.56 Å². The number of aromatic hydroxyl groups is 1. The molecule has 1 aromatic heterocycles. The van der Waals surface area contributed by atoms with Gasteiger partial charge in [0.15, 0.2) is 5.11 Å². The topological polar surface area (TPSA) is 89.5 Å². The number of rotatable bonds is 4. The van der Waals surface area contributed by atoms with Gasteiger partial charge in [-0.05, 0) is 31.3 Å². The van der Waals surface area contributed by atoms with Gasteiger partial charge in [-0.3, -0.25) is 10.2 Å². The van der Waals surface area contributed by atoms with Crippen LogP contribution in [0.4, 0.5) is 0 Å². The third-order valence-electron chi connectivity index (χ3n) is 2.94. The predicted octanol–water partition coefficient (Wildman–Crippen LogP) is 1.53. The Hall–Kier alpha value is -2.67. The number of hydrogen-bond acceptors (Lipinski definition) is 4. The van der Waals surface area contributed by atoms with E-state index in [1.54, 1.807) is 18.2 Å². The first kappa shape index (κ1) is 15.7. The average Bonchev–Trinajstić information content (AvgIpc) is 2.49. The van der Waals surface area contributed by atoms with Crippen molar-refractivity contribution in [2.45, 2.75) is 6.92 Å². The summed E-state index contributed by atoms with van der Waals surface area (Å²) >= 11 is 4.96. The van der Waals surface area contributed by atoms with Crippen molar-refractivity contribution < 1.29 is 5.11 Å². The highest BCUT2D eigenvalue weighted by Gasteiger charge is 2.10. The second kappa shape index (κ2) is 6.86. The van der Waals surface area contributed by atoms with Gasteiger partial charge in [-0.15, -0.1) is 6.58 Å². The number of fused-ring (bicyclic) bond motifs is 1. The highest BCUT2D eigenvalue weighted by molar-refractivity contribution is 7.80. The van der Waals surface area contributed by atoms with Crippen molar-refractivity contribution in [3.05, 3.63) is 52.3 Å². The molecule has 4 N–H and O–H groups in total. The third kappa shape index (κ3) is 3.50. The molecule has 0 amide bonds. The number of benzene rings is 1. The fourth-order valence-electron chi connectivity index (χ4n) is 1.88. The molecule has 0 spiro atoms. The van der Waals surface area contributed by atoms with Crippen molar-refractivity contribution in [1.29, 1.82) is 0 Å². The van der Waals surface area contributed by atoms with E-state index in [0.717, 1.165) is 5.56 Å². The lowest BCUT2D eigenvalue weighted by molar-refractivity contribution is 0.479. The Labute approximate surface area is 132 Å². The summed E-state index contributed by atoms with van der Waals surface area (Å²) in [6, 6.07) is 5.40. The van der Waals surface area contributed by atoms with Crippen LogP contribution in [0.15, 0.2) is 40.8 Å². The van der Waals surface area contributed by atoms with Gasteiger partial charge >= 0.3 is 0 Å². The number of hydrogen-bond donors (Lipinski definition) is 4. The molecule has 0 saturated heterocycles. The largest absolute Gasteiger partial charge is 0.506 e. The van der Waals surface area contributed by atoms with E-state index in [0.29, 0.717) is 22.6 Å². The summed E-state index contributed by atoms with van der Waals surface area (Å²) in [5.41, 5.74) is 3.75. The molecule has 114 valence electrons. The quantitative estimate of drug-likeness (QED) is 0.297. The molecule has 7 heteroatoms. The number of nitrogens with one attached hydrogen (secondary N) is 3. The molecule has 1 aromatic carbocycles. The van der Waals surface area contributed by atoms with Crippen LogP contribution in [0.3, 0.4) is 0 Å².